The maximum Gasteiger partial charge on any atom is 0.358 e. The number of carbonyl (C=O) groups is 2. The van der Waals surface area contributed by atoms with Crippen LogP contribution in [0.3, 0.4) is 0 Å². The molecule has 2 N–H and O–H groups in total. The van der Waals surface area contributed by atoms with Crippen molar-refractivity contribution in [2.24, 2.45) is 0 Å². The zero-order valence-electron chi connectivity index (χ0n) is 12.0. The van der Waals surface area contributed by atoms with E-state index in [2.05, 4.69) is 20.3 Å². The van der Waals surface area contributed by atoms with Crippen molar-refractivity contribution in [3.8, 4) is 0 Å². The molecule has 2 aromatic rings. The Kier molecular flexibility index (Phi) is 3.88. The number of esters is 1. The number of methoxy groups -OCH3 is 1. The second-order valence-corrected chi connectivity index (χ2v) is 4.89. The summed E-state index contributed by atoms with van der Waals surface area (Å²) in [5, 5.41) is 8.92. The van der Waals surface area contributed by atoms with E-state index < -0.39 is 5.97 Å². The lowest BCUT2D eigenvalue weighted by atomic mass is 10.00. The Balaban J connectivity index is 1.80. The van der Waals surface area contributed by atoms with Crippen molar-refractivity contribution in [2.75, 3.05) is 19.0 Å². The van der Waals surface area contributed by atoms with Gasteiger partial charge in [-0.2, -0.15) is 5.10 Å². The molecule has 1 aliphatic heterocycles. The highest BCUT2D eigenvalue weighted by Gasteiger charge is 2.18. The first kappa shape index (κ1) is 14.3. The van der Waals surface area contributed by atoms with Crippen LogP contribution in [0, 0.1) is 0 Å². The molecule has 3 rings (SSSR count). The number of benzene rings is 1. The van der Waals surface area contributed by atoms with E-state index in [-0.39, 0.29) is 17.3 Å². The van der Waals surface area contributed by atoms with E-state index in [1.807, 2.05) is 12.1 Å². The molecule has 7 nitrogen and oxygen atoms in total. The number of ether oxygens (including phenoxy) is 2. The van der Waals surface area contributed by atoms with Gasteiger partial charge in [-0.05, 0) is 29.7 Å². The molecular formula is C15H15N3O4. The summed E-state index contributed by atoms with van der Waals surface area (Å²) in [5.41, 5.74) is 3.14. The minimum atomic E-state index is -0.588. The van der Waals surface area contributed by atoms with Crippen molar-refractivity contribution in [1.82, 2.24) is 10.2 Å². The summed E-state index contributed by atoms with van der Waals surface area (Å²) in [5.74, 6) is -0.892. The van der Waals surface area contributed by atoms with E-state index in [0.717, 1.165) is 17.5 Å². The number of aromatic nitrogens is 2. The third-order valence-corrected chi connectivity index (χ3v) is 3.52. The van der Waals surface area contributed by atoms with Gasteiger partial charge in [-0.25, -0.2) is 4.79 Å². The van der Waals surface area contributed by atoms with Crippen LogP contribution >= 0.6 is 0 Å². The van der Waals surface area contributed by atoms with Gasteiger partial charge in [0.15, 0.2) is 5.69 Å². The Morgan fingerprint density at radius 1 is 1.36 bits per heavy atom. The van der Waals surface area contributed by atoms with Crippen LogP contribution in [0.1, 0.15) is 32.0 Å². The first-order chi connectivity index (χ1) is 10.7. The minimum Gasteiger partial charge on any atom is -0.464 e. The SMILES string of the molecule is COC(=O)c1[nH]ncc1NC(=O)c1ccc2c(c1)CCOC2. The van der Waals surface area contributed by atoms with E-state index in [1.54, 1.807) is 6.07 Å². The molecule has 0 saturated heterocycles. The number of hydrogen-bond acceptors (Lipinski definition) is 5. The molecule has 0 unspecified atom stereocenters. The lowest BCUT2D eigenvalue weighted by Crippen LogP contribution is -2.16. The second kappa shape index (κ2) is 5.98. The van der Waals surface area contributed by atoms with Crippen LogP contribution < -0.4 is 5.32 Å². The molecule has 0 radical (unpaired) electrons. The number of amides is 1. The summed E-state index contributed by atoms with van der Waals surface area (Å²) in [4.78, 5) is 23.9. The van der Waals surface area contributed by atoms with Gasteiger partial charge in [-0.3, -0.25) is 9.89 Å². The average molecular weight is 301 g/mol. The van der Waals surface area contributed by atoms with Gasteiger partial charge in [0.25, 0.3) is 5.91 Å². The van der Waals surface area contributed by atoms with Crippen molar-refractivity contribution >= 4 is 17.6 Å². The summed E-state index contributed by atoms with van der Waals surface area (Å²) < 4.78 is 9.99. The number of nitrogens with zero attached hydrogens (tertiary/aromatic N) is 1. The van der Waals surface area contributed by atoms with Gasteiger partial charge in [0.1, 0.15) is 0 Å². The standard InChI is InChI=1S/C15H15N3O4/c1-21-15(20)13-12(7-16-18-13)17-14(19)10-2-3-11-8-22-5-4-9(11)6-10/h2-3,6-7H,4-5,8H2,1H3,(H,16,18)(H,17,19). The summed E-state index contributed by atoms with van der Waals surface area (Å²) in [6, 6.07) is 5.48. The molecule has 1 amide bonds. The number of H-pyrrole nitrogens is 1. The fourth-order valence-electron chi connectivity index (χ4n) is 2.34. The molecule has 0 aliphatic carbocycles. The van der Waals surface area contributed by atoms with Crippen LogP contribution in [0.2, 0.25) is 0 Å². The van der Waals surface area contributed by atoms with Gasteiger partial charge in [-0.1, -0.05) is 6.07 Å². The zero-order valence-corrected chi connectivity index (χ0v) is 12.0. The van der Waals surface area contributed by atoms with Gasteiger partial charge < -0.3 is 14.8 Å². The molecular weight excluding hydrogens is 286 g/mol. The van der Waals surface area contributed by atoms with Crippen LogP contribution in [0.5, 0.6) is 0 Å². The van der Waals surface area contributed by atoms with Crippen molar-refractivity contribution in [1.29, 1.82) is 0 Å². The Morgan fingerprint density at radius 3 is 3.05 bits per heavy atom. The minimum absolute atomic E-state index is 0.113. The van der Waals surface area contributed by atoms with Gasteiger partial charge >= 0.3 is 5.97 Å². The Morgan fingerprint density at radius 2 is 2.23 bits per heavy atom. The number of rotatable bonds is 3. The quantitative estimate of drug-likeness (QED) is 0.838. The first-order valence-electron chi connectivity index (χ1n) is 6.81. The molecule has 2 heterocycles. The molecule has 0 bridgehead atoms. The molecule has 114 valence electrons. The molecule has 0 atom stereocenters. The Bertz CT molecular complexity index is 723. The van der Waals surface area contributed by atoms with Gasteiger partial charge in [0, 0.05) is 5.56 Å². The zero-order chi connectivity index (χ0) is 15.5. The number of fused-ring (bicyclic) bond motifs is 1. The average Bonchev–Trinajstić information content (AvgIpc) is 3.01. The van der Waals surface area contributed by atoms with E-state index in [9.17, 15) is 9.59 Å². The monoisotopic (exact) mass is 301 g/mol. The normalized spacial score (nSPS) is 13.3. The van der Waals surface area contributed by atoms with Crippen LogP contribution in [0.25, 0.3) is 0 Å². The molecule has 0 spiro atoms. The lowest BCUT2D eigenvalue weighted by molar-refractivity contribution is 0.0595. The molecule has 7 heteroatoms. The first-order valence-corrected chi connectivity index (χ1v) is 6.81. The predicted molar refractivity (Wildman–Crippen MR) is 77.7 cm³/mol. The van der Waals surface area contributed by atoms with Crippen molar-refractivity contribution < 1.29 is 19.1 Å². The fourth-order valence-corrected chi connectivity index (χ4v) is 2.34. The third kappa shape index (κ3) is 2.71. The van der Waals surface area contributed by atoms with Crippen molar-refractivity contribution in [3.63, 3.8) is 0 Å². The van der Waals surface area contributed by atoms with E-state index in [4.69, 9.17) is 4.74 Å². The number of hydrogen-bond donors (Lipinski definition) is 2. The van der Waals surface area contributed by atoms with E-state index in [1.165, 1.54) is 13.3 Å². The van der Waals surface area contributed by atoms with Gasteiger partial charge in [0.2, 0.25) is 0 Å². The van der Waals surface area contributed by atoms with E-state index >= 15 is 0 Å². The van der Waals surface area contributed by atoms with Crippen LogP contribution in [0.15, 0.2) is 24.4 Å². The van der Waals surface area contributed by atoms with E-state index in [0.29, 0.717) is 18.8 Å². The summed E-state index contributed by atoms with van der Waals surface area (Å²) in [7, 11) is 1.26. The largest absolute Gasteiger partial charge is 0.464 e. The summed E-state index contributed by atoms with van der Waals surface area (Å²) in [6.45, 7) is 1.23. The maximum atomic E-state index is 12.3. The number of carbonyl (C=O) groups excluding carboxylic acids is 2. The van der Waals surface area contributed by atoms with Crippen LogP contribution in [0.4, 0.5) is 5.69 Å². The molecule has 0 fully saturated rings. The van der Waals surface area contributed by atoms with Crippen molar-refractivity contribution in [2.45, 2.75) is 13.0 Å². The van der Waals surface area contributed by atoms with Gasteiger partial charge in [-0.15, -0.1) is 0 Å². The third-order valence-electron chi connectivity index (χ3n) is 3.52. The maximum absolute atomic E-state index is 12.3. The molecule has 22 heavy (non-hydrogen) atoms. The fraction of sp³-hybridized carbons (Fsp3) is 0.267. The topological polar surface area (TPSA) is 93.3 Å². The van der Waals surface area contributed by atoms with Gasteiger partial charge in [0.05, 0.1) is 32.2 Å². The number of nitrogens with one attached hydrogen (secondary N) is 2. The number of aromatic amines is 1. The Labute approximate surface area is 126 Å². The van der Waals surface area contributed by atoms with Crippen LogP contribution in [-0.2, 0) is 22.5 Å². The smallest absolute Gasteiger partial charge is 0.358 e. The molecule has 1 aliphatic rings. The highest BCUT2D eigenvalue weighted by atomic mass is 16.5. The summed E-state index contributed by atoms with van der Waals surface area (Å²) in [6.07, 6.45) is 2.16. The Hall–Kier alpha value is -2.67. The molecule has 1 aromatic heterocycles. The predicted octanol–water partition coefficient (Wildman–Crippen LogP) is 1.52. The van der Waals surface area contributed by atoms with Crippen LogP contribution in [-0.4, -0.2) is 35.8 Å². The molecule has 0 saturated carbocycles. The molecule has 1 aromatic carbocycles. The highest BCUT2D eigenvalue weighted by molar-refractivity contribution is 6.07. The van der Waals surface area contributed by atoms with Crippen molar-refractivity contribution in [3.05, 3.63) is 46.8 Å². The highest BCUT2D eigenvalue weighted by Crippen LogP contribution is 2.20. The number of anilines is 1. The summed E-state index contributed by atoms with van der Waals surface area (Å²) >= 11 is 0. The lowest BCUT2D eigenvalue weighted by Gasteiger charge is -2.17. The second-order valence-electron chi connectivity index (χ2n) is 4.89.